The minimum Gasteiger partial charge on any atom is -0.481 e. The molecule has 23 heavy (non-hydrogen) atoms. The number of anilines is 1. The Hall–Kier alpha value is -2.70. The average Bonchev–Trinajstić information content (AvgIpc) is 2.83. The molecule has 120 valence electrons. The number of amides is 1. The molecule has 1 aliphatic rings. The Kier molecular flexibility index (Phi) is 4.36. The average molecular weight is 314 g/mol. The number of hydrogen-bond acceptors (Lipinski definition) is 6. The van der Waals surface area contributed by atoms with E-state index in [-0.39, 0.29) is 23.5 Å². The number of methoxy groups -OCH3 is 2. The normalized spacial score (nSPS) is 13.9. The van der Waals surface area contributed by atoms with Gasteiger partial charge in [0, 0.05) is 12.7 Å². The summed E-state index contributed by atoms with van der Waals surface area (Å²) in [5.74, 6) is 0.997. The van der Waals surface area contributed by atoms with Crippen molar-refractivity contribution in [2.45, 2.75) is 19.3 Å². The first-order valence-corrected chi connectivity index (χ1v) is 7.45. The molecule has 7 heteroatoms. The maximum absolute atomic E-state index is 12.9. The van der Waals surface area contributed by atoms with E-state index in [1.807, 2.05) is 12.1 Å². The molecular weight excluding hydrogens is 296 g/mol. The molecule has 1 aliphatic heterocycles. The van der Waals surface area contributed by atoms with Crippen LogP contribution in [0.3, 0.4) is 0 Å². The molecule has 1 amide bonds. The largest absolute Gasteiger partial charge is 0.481 e. The zero-order valence-corrected chi connectivity index (χ0v) is 13.2. The van der Waals surface area contributed by atoms with Crippen molar-refractivity contribution in [2.24, 2.45) is 0 Å². The van der Waals surface area contributed by atoms with Gasteiger partial charge in [-0.25, -0.2) is 4.98 Å². The van der Waals surface area contributed by atoms with Crippen LogP contribution in [0.25, 0.3) is 0 Å². The second-order valence-electron chi connectivity index (χ2n) is 5.18. The van der Waals surface area contributed by atoms with Crippen molar-refractivity contribution >= 4 is 11.7 Å². The third-order valence-electron chi connectivity index (χ3n) is 3.73. The Morgan fingerprint density at radius 2 is 1.91 bits per heavy atom. The smallest absolute Gasteiger partial charge is 0.297 e. The van der Waals surface area contributed by atoms with E-state index in [0.717, 1.165) is 24.8 Å². The Morgan fingerprint density at radius 3 is 2.61 bits per heavy atom. The molecular formula is C16H18N4O3. The molecule has 3 rings (SSSR count). The van der Waals surface area contributed by atoms with Crippen LogP contribution in [-0.2, 0) is 6.42 Å². The lowest BCUT2D eigenvalue weighted by Crippen LogP contribution is -2.34. The monoisotopic (exact) mass is 314 g/mol. The first-order valence-electron chi connectivity index (χ1n) is 7.45. The van der Waals surface area contributed by atoms with Crippen molar-refractivity contribution in [3.05, 3.63) is 35.8 Å². The summed E-state index contributed by atoms with van der Waals surface area (Å²) in [5.41, 5.74) is 1.06. The number of aromatic nitrogens is 3. The van der Waals surface area contributed by atoms with E-state index in [2.05, 4.69) is 15.0 Å². The summed E-state index contributed by atoms with van der Waals surface area (Å²) in [6.07, 6.45) is 4.53. The van der Waals surface area contributed by atoms with Gasteiger partial charge in [0.2, 0.25) is 17.6 Å². The molecule has 0 atom stereocenters. The molecule has 0 aliphatic carbocycles. The Labute approximate surface area is 134 Å². The number of pyridine rings is 1. The van der Waals surface area contributed by atoms with E-state index < -0.39 is 0 Å². The fourth-order valence-electron chi connectivity index (χ4n) is 2.59. The van der Waals surface area contributed by atoms with Crippen molar-refractivity contribution in [1.29, 1.82) is 0 Å². The van der Waals surface area contributed by atoms with Gasteiger partial charge >= 0.3 is 0 Å². The number of fused-ring (bicyclic) bond motifs is 1. The third-order valence-corrected chi connectivity index (χ3v) is 3.73. The molecule has 3 heterocycles. The Bertz CT molecular complexity index is 698. The SMILES string of the molecule is COc1cc(OC)nc(C(=O)N2CCCCc3cccnc32)n1. The second kappa shape index (κ2) is 6.60. The number of rotatable bonds is 3. The zero-order valence-electron chi connectivity index (χ0n) is 13.2. The Morgan fingerprint density at radius 1 is 1.17 bits per heavy atom. The molecule has 0 saturated carbocycles. The summed E-state index contributed by atoms with van der Waals surface area (Å²) in [6, 6.07) is 5.42. The lowest BCUT2D eigenvalue weighted by atomic mass is 10.1. The molecule has 0 spiro atoms. The van der Waals surface area contributed by atoms with E-state index in [9.17, 15) is 4.79 Å². The topological polar surface area (TPSA) is 77.4 Å². The fraction of sp³-hybridized carbons (Fsp3) is 0.375. The van der Waals surface area contributed by atoms with Gasteiger partial charge in [-0.3, -0.25) is 9.69 Å². The third kappa shape index (κ3) is 3.08. The highest BCUT2D eigenvalue weighted by molar-refractivity contribution is 6.03. The molecule has 0 N–H and O–H groups in total. The van der Waals surface area contributed by atoms with Crippen LogP contribution in [-0.4, -0.2) is 41.6 Å². The highest BCUT2D eigenvalue weighted by Crippen LogP contribution is 2.25. The van der Waals surface area contributed by atoms with Crippen molar-refractivity contribution in [3.63, 3.8) is 0 Å². The standard InChI is InChI=1S/C16H18N4O3/c1-22-12-10-13(23-2)19-14(18-12)16(21)20-9-4-3-6-11-7-5-8-17-15(11)20/h5,7-8,10H,3-4,6,9H2,1-2H3. The first kappa shape index (κ1) is 15.2. The van der Waals surface area contributed by atoms with Crippen LogP contribution in [0.1, 0.15) is 29.0 Å². The quantitative estimate of drug-likeness (QED) is 0.861. The maximum atomic E-state index is 12.9. The summed E-state index contributed by atoms with van der Waals surface area (Å²) in [5, 5.41) is 0. The van der Waals surface area contributed by atoms with Gasteiger partial charge in [0.05, 0.1) is 20.3 Å². The molecule has 2 aromatic heterocycles. The van der Waals surface area contributed by atoms with E-state index in [0.29, 0.717) is 12.4 Å². The van der Waals surface area contributed by atoms with Gasteiger partial charge in [0.15, 0.2) is 0 Å². The van der Waals surface area contributed by atoms with Crippen LogP contribution in [0.2, 0.25) is 0 Å². The number of nitrogens with zero attached hydrogens (tertiary/aromatic N) is 4. The molecule has 0 saturated heterocycles. The van der Waals surface area contributed by atoms with Crippen LogP contribution in [0, 0.1) is 0 Å². The minimum atomic E-state index is -0.302. The van der Waals surface area contributed by atoms with Crippen molar-refractivity contribution < 1.29 is 14.3 Å². The number of ether oxygens (including phenoxy) is 2. The summed E-state index contributed by atoms with van der Waals surface area (Å²) in [7, 11) is 2.97. The van der Waals surface area contributed by atoms with Gasteiger partial charge < -0.3 is 9.47 Å². The van der Waals surface area contributed by atoms with Crippen molar-refractivity contribution in [3.8, 4) is 11.8 Å². The molecule has 0 unspecified atom stereocenters. The number of carbonyl (C=O) groups is 1. The lowest BCUT2D eigenvalue weighted by molar-refractivity contribution is 0.0974. The minimum absolute atomic E-state index is 0.0414. The summed E-state index contributed by atoms with van der Waals surface area (Å²) >= 11 is 0. The van der Waals surface area contributed by atoms with Crippen LogP contribution < -0.4 is 14.4 Å². The van der Waals surface area contributed by atoms with Crippen LogP contribution >= 0.6 is 0 Å². The molecule has 0 radical (unpaired) electrons. The van der Waals surface area contributed by atoms with Gasteiger partial charge in [-0.05, 0) is 30.9 Å². The van der Waals surface area contributed by atoms with Gasteiger partial charge in [-0.2, -0.15) is 9.97 Å². The van der Waals surface area contributed by atoms with E-state index in [1.165, 1.54) is 20.3 Å². The molecule has 0 aromatic carbocycles. The van der Waals surface area contributed by atoms with Crippen LogP contribution in [0.4, 0.5) is 5.82 Å². The van der Waals surface area contributed by atoms with Crippen molar-refractivity contribution in [1.82, 2.24) is 15.0 Å². The second-order valence-corrected chi connectivity index (χ2v) is 5.18. The zero-order chi connectivity index (χ0) is 16.2. The van der Waals surface area contributed by atoms with Gasteiger partial charge in [0.25, 0.3) is 5.91 Å². The predicted octanol–water partition coefficient (Wildman–Crippen LogP) is 1.87. The fourth-order valence-corrected chi connectivity index (χ4v) is 2.59. The predicted molar refractivity (Wildman–Crippen MR) is 84.0 cm³/mol. The number of hydrogen-bond donors (Lipinski definition) is 0. The number of carbonyl (C=O) groups excluding carboxylic acids is 1. The molecule has 7 nitrogen and oxygen atoms in total. The van der Waals surface area contributed by atoms with Gasteiger partial charge in [-0.15, -0.1) is 0 Å². The highest BCUT2D eigenvalue weighted by atomic mass is 16.5. The summed E-state index contributed by atoms with van der Waals surface area (Å²) in [6.45, 7) is 0.589. The molecule has 2 aromatic rings. The first-order chi connectivity index (χ1) is 11.2. The lowest BCUT2D eigenvalue weighted by Gasteiger charge is -2.20. The van der Waals surface area contributed by atoms with Crippen molar-refractivity contribution in [2.75, 3.05) is 25.7 Å². The van der Waals surface area contributed by atoms with Crippen LogP contribution in [0.5, 0.6) is 11.8 Å². The van der Waals surface area contributed by atoms with E-state index in [4.69, 9.17) is 9.47 Å². The number of aryl methyl sites for hydroxylation is 1. The summed E-state index contributed by atoms with van der Waals surface area (Å²) < 4.78 is 10.2. The van der Waals surface area contributed by atoms with Gasteiger partial charge in [-0.1, -0.05) is 6.07 Å². The maximum Gasteiger partial charge on any atom is 0.297 e. The molecule has 0 bridgehead atoms. The van der Waals surface area contributed by atoms with Gasteiger partial charge in [0.1, 0.15) is 5.82 Å². The highest BCUT2D eigenvalue weighted by Gasteiger charge is 2.26. The van der Waals surface area contributed by atoms with E-state index in [1.54, 1.807) is 11.1 Å². The van der Waals surface area contributed by atoms with Crippen LogP contribution in [0.15, 0.2) is 24.4 Å². The molecule has 0 fully saturated rings. The Balaban J connectivity index is 2.00. The van der Waals surface area contributed by atoms with E-state index >= 15 is 0 Å². The summed E-state index contributed by atoms with van der Waals surface area (Å²) in [4.78, 5) is 27.2.